The van der Waals surface area contributed by atoms with Crippen LogP contribution in [0, 0.1) is 0 Å². The van der Waals surface area contributed by atoms with Crippen LogP contribution in [0.3, 0.4) is 0 Å². The van der Waals surface area contributed by atoms with Crippen molar-refractivity contribution in [2.24, 2.45) is 0 Å². The van der Waals surface area contributed by atoms with Gasteiger partial charge in [0.2, 0.25) is 0 Å². The number of hydrogen-bond donors (Lipinski definition) is 3. The number of carbonyl (C=O) groups excluding carboxylic acids is 1. The van der Waals surface area contributed by atoms with Crippen molar-refractivity contribution in [1.82, 2.24) is 24.8 Å². The molecule has 0 bridgehead atoms. The smallest absolute Gasteiger partial charge is 0.332 e. The Labute approximate surface area is 235 Å². The minimum atomic E-state index is -3.98. The van der Waals surface area contributed by atoms with Crippen LogP contribution in [-0.2, 0) is 29.5 Å². The van der Waals surface area contributed by atoms with Crippen molar-refractivity contribution < 1.29 is 33.0 Å². The monoisotopic (exact) mass is 580 g/mol. The Morgan fingerprint density at radius 1 is 1.02 bits per heavy atom. The number of urea groups is 1. The third-order valence-corrected chi connectivity index (χ3v) is 8.10. The molecule has 41 heavy (non-hydrogen) atoms. The zero-order valence-corrected chi connectivity index (χ0v) is 23.0. The van der Waals surface area contributed by atoms with E-state index in [-0.39, 0.29) is 18.6 Å². The Kier molecular flexibility index (Phi) is 7.80. The number of fused-ring (bicyclic) bond motifs is 2. The Morgan fingerprint density at radius 3 is 2.51 bits per heavy atom. The van der Waals surface area contributed by atoms with Crippen molar-refractivity contribution in [3.8, 4) is 0 Å². The van der Waals surface area contributed by atoms with E-state index >= 15 is 0 Å². The fraction of sp³-hybridized carbons (Fsp3) is 0.333. The first-order valence-corrected chi connectivity index (χ1v) is 14.9. The van der Waals surface area contributed by atoms with Gasteiger partial charge in [-0.1, -0.05) is 60.7 Å². The number of ether oxygens (including phenoxy) is 3. The minimum Gasteiger partial charge on any atom is -0.347 e. The van der Waals surface area contributed by atoms with Crippen LogP contribution in [0.4, 0.5) is 10.6 Å². The number of imidazole rings is 1. The van der Waals surface area contributed by atoms with Crippen LogP contribution >= 0.6 is 7.60 Å². The zero-order chi connectivity index (χ0) is 28.4. The maximum atomic E-state index is 12.9. The first-order valence-electron chi connectivity index (χ1n) is 13.2. The summed E-state index contributed by atoms with van der Waals surface area (Å²) < 4.78 is 39.1. The fourth-order valence-corrected chi connectivity index (χ4v) is 6.10. The van der Waals surface area contributed by atoms with E-state index in [4.69, 9.17) is 18.7 Å². The molecule has 2 aliphatic rings. The Bertz CT molecular complexity index is 1560. The van der Waals surface area contributed by atoms with E-state index in [9.17, 15) is 14.3 Å². The van der Waals surface area contributed by atoms with Crippen LogP contribution in [-0.4, -0.2) is 61.9 Å². The average Bonchev–Trinajstić information content (AvgIpc) is 3.67. The number of amides is 2. The number of hydrogen-bond acceptors (Lipinski definition) is 9. The van der Waals surface area contributed by atoms with E-state index in [2.05, 4.69) is 25.6 Å². The molecule has 2 amide bonds. The molecular weight excluding hydrogens is 551 g/mol. The van der Waals surface area contributed by atoms with Crippen molar-refractivity contribution in [3.05, 3.63) is 84.4 Å². The average molecular weight is 581 g/mol. The molecule has 2 unspecified atom stereocenters. The first-order chi connectivity index (χ1) is 19.9. The van der Waals surface area contributed by atoms with Gasteiger partial charge in [0.1, 0.15) is 24.6 Å². The Hall–Kier alpha value is -3.71. The van der Waals surface area contributed by atoms with E-state index < -0.39 is 44.5 Å². The van der Waals surface area contributed by atoms with Crippen LogP contribution in [0.5, 0.6) is 0 Å². The summed E-state index contributed by atoms with van der Waals surface area (Å²) in [5, 5.41) is 5.33. The van der Waals surface area contributed by atoms with Crippen LogP contribution in [0.15, 0.2) is 73.3 Å². The summed E-state index contributed by atoms with van der Waals surface area (Å²) in [7, 11) is -3.98. The van der Waals surface area contributed by atoms with Gasteiger partial charge in [0.15, 0.2) is 29.5 Å². The SMILES string of the molecule is CCNC(=O)Nc1ncnc2c1ncn2[C@@H]1O[C@H](COP(=O)(O)Cc2ccccc2)C2O[C@@H](c3ccccc3)O[C@@H]21. The molecule has 0 aliphatic carbocycles. The molecule has 4 heterocycles. The Balaban J connectivity index is 1.26. The largest absolute Gasteiger partial charge is 0.347 e. The van der Waals surface area contributed by atoms with Crippen molar-refractivity contribution in [1.29, 1.82) is 0 Å². The number of anilines is 1. The Morgan fingerprint density at radius 2 is 1.76 bits per heavy atom. The third kappa shape index (κ3) is 5.87. The molecule has 4 aromatic rings. The molecule has 2 fully saturated rings. The number of nitrogens with one attached hydrogen (secondary N) is 2. The summed E-state index contributed by atoms with van der Waals surface area (Å²) >= 11 is 0. The molecular formula is C27H29N6O7P. The van der Waals surface area contributed by atoms with Crippen LogP contribution < -0.4 is 10.6 Å². The van der Waals surface area contributed by atoms with Gasteiger partial charge in [0.05, 0.1) is 19.1 Å². The van der Waals surface area contributed by atoms with Crippen LogP contribution in [0.25, 0.3) is 11.2 Å². The highest BCUT2D eigenvalue weighted by molar-refractivity contribution is 7.51. The molecule has 0 spiro atoms. The summed E-state index contributed by atoms with van der Waals surface area (Å²) in [5.41, 5.74) is 2.27. The summed E-state index contributed by atoms with van der Waals surface area (Å²) in [4.78, 5) is 35.6. The number of aromatic nitrogens is 4. The number of nitrogens with zero attached hydrogens (tertiary/aromatic N) is 4. The van der Waals surface area contributed by atoms with Gasteiger partial charge < -0.3 is 28.9 Å². The minimum absolute atomic E-state index is 0.132. The van der Waals surface area contributed by atoms with E-state index in [0.29, 0.717) is 23.3 Å². The highest BCUT2D eigenvalue weighted by Crippen LogP contribution is 2.49. The standard InChI is InChI=1S/C27H29N6O7P/c1-2-28-27(34)32-23-20-24(30-15-29-23)33(16-31-20)25-22-21(39-26(40-22)18-11-7-4-8-12-18)19(38-25)13-37-41(35,36)14-17-9-5-3-6-10-17/h3-12,15-16,19,21-22,25-26H,2,13-14H2,1H3,(H,35,36)(H2,28,29,30,32,34)/t19-,21?,22+,25-,26-/m1/s1. The van der Waals surface area contributed by atoms with Gasteiger partial charge in [-0.3, -0.25) is 14.4 Å². The molecule has 14 heteroatoms. The van der Waals surface area contributed by atoms with E-state index in [0.717, 1.165) is 5.56 Å². The van der Waals surface area contributed by atoms with Crippen molar-refractivity contribution >= 4 is 30.6 Å². The lowest BCUT2D eigenvalue weighted by atomic mass is 10.1. The lowest BCUT2D eigenvalue weighted by Gasteiger charge is -2.22. The van der Waals surface area contributed by atoms with Gasteiger partial charge in [-0.2, -0.15) is 0 Å². The molecule has 2 aliphatic heterocycles. The van der Waals surface area contributed by atoms with Crippen LogP contribution in [0.2, 0.25) is 0 Å². The normalized spacial score (nSPS) is 25.1. The molecule has 6 rings (SSSR count). The quantitative estimate of drug-likeness (QED) is 0.249. The zero-order valence-electron chi connectivity index (χ0n) is 22.1. The first kappa shape index (κ1) is 27.5. The molecule has 2 aromatic carbocycles. The number of rotatable bonds is 9. The topological polar surface area (TPSA) is 159 Å². The van der Waals surface area contributed by atoms with Crippen LogP contribution in [0.1, 0.15) is 30.6 Å². The van der Waals surface area contributed by atoms with Crippen molar-refractivity contribution in [2.45, 2.75) is 43.9 Å². The van der Waals surface area contributed by atoms with E-state index in [1.807, 2.05) is 43.3 Å². The molecule has 214 valence electrons. The van der Waals surface area contributed by atoms with Gasteiger partial charge in [-0.25, -0.2) is 19.7 Å². The summed E-state index contributed by atoms with van der Waals surface area (Å²) in [6.07, 6.45) is -0.689. The molecule has 6 atom stereocenters. The molecule has 13 nitrogen and oxygen atoms in total. The predicted molar refractivity (Wildman–Crippen MR) is 147 cm³/mol. The maximum absolute atomic E-state index is 12.9. The molecule has 0 radical (unpaired) electrons. The van der Waals surface area contributed by atoms with Gasteiger partial charge in [-0.15, -0.1) is 0 Å². The highest BCUT2D eigenvalue weighted by Gasteiger charge is 2.54. The lowest BCUT2D eigenvalue weighted by molar-refractivity contribution is -0.152. The molecule has 3 N–H and O–H groups in total. The second-order valence-electron chi connectivity index (χ2n) is 9.62. The molecule has 2 saturated heterocycles. The predicted octanol–water partition coefficient (Wildman–Crippen LogP) is 3.75. The third-order valence-electron chi connectivity index (χ3n) is 6.79. The maximum Gasteiger partial charge on any atom is 0.332 e. The summed E-state index contributed by atoms with van der Waals surface area (Å²) in [6.45, 7) is 2.05. The van der Waals surface area contributed by atoms with E-state index in [1.165, 1.54) is 12.7 Å². The molecule has 2 aromatic heterocycles. The van der Waals surface area contributed by atoms with Gasteiger partial charge >= 0.3 is 13.6 Å². The second-order valence-corrected chi connectivity index (χ2v) is 11.5. The number of benzene rings is 2. The summed E-state index contributed by atoms with van der Waals surface area (Å²) in [5.74, 6) is 0.238. The van der Waals surface area contributed by atoms with Crippen molar-refractivity contribution in [2.75, 3.05) is 18.5 Å². The van der Waals surface area contributed by atoms with Gasteiger partial charge in [-0.05, 0) is 12.5 Å². The van der Waals surface area contributed by atoms with Gasteiger partial charge in [0.25, 0.3) is 0 Å². The summed E-state index contributed by atoms with van der Waals surface area (Å²) in [6, 6.07) is 18.0. The van der Waals surface area contributed by atoms with Gasteiger partial charge in [0, 0.05) is 12.1 Å². The van der Waals surface area contributed by atoms with Crippen molar-refractivity contribution in [3.63, 3.8) is 0 Å². The number of carbonyl (C=O) groups is 1. The molecule has 0 saturated carbocycles. The second kappa shape index (κ2) is 11.6. The fourth-order valence-electron chi connectivity index (χ4n) is 4.95. The lowest BCUT2D eigenvalue weighted by Crippen LogP contribution is -2.31. The highest BCUT2D eigenvalue weighted by atomic mass is 31.2. The van der Waals surface area contributed by atoms with E-state index in [1.54, 1.807) is 28.8 Å².